The summed E-state index contributed by atoms with van der Waals surface area (Å²) in [6.45, 7) is 5.57. The first-order valence-corrected chi connectivity index (χ1v) is 10.4. The van der Waals surface area contributed by atoms with Gasteiger partial charge in [0, 0.05) is 38.3 Å². The number of fused-ring (bicyclic) bond motifs is 1. The second kappa shape index (κ2) is 8.09. The van der Waals surface area contributed by atoms with Gasteiger partial charge in [0.05, 0.1) is 15.2 Å². The van der Waals surface area contributed by atoms with Crippen molar-refractivity contribution < 1.29 is 4.79 Å². The van der Waals surface area contributed by atoms with E-state index in [1.165, 1.54) is 16.0 Å². The zero-order valence-corrected chi connectivity index (χ0v) is 16.5. The Bertz CT molecular complexity index is 895. The minimum atomic E-state index is 0.278. The van der Waals surface area contributed by atoms with Crippen LogP contribution in [0.2, 0.25) is 0 Å². The molecule has 140 valence electrons. The van der Waals surface area contributed by atoms with Crippen molar-refractivity contribution in [1.29, 1.82) is 0 Å². The fourth-order valence-electron chi connectivity index (χ4n) is 3.61. The van der Waals surface area contributed by atoms with E-state index >= 15 is 0 Å². The SMILES string of the molecule is Cc1cccc(N2CCN(C(=O)CCCc3nc4ccccc4s3)CC2)c1. The molecular weight excluding hydrogens is 354 g/mol. The highest BCUT2D eigenvalue weighted by atomic mass is 32.1. The molecule has 0 atom stereocenters. The summed E-state index contributed by atoms with van der Waals surface area (Å²) in [5.74, 6) is 0.278. The van der Waals surface area contributed by atoms with Crippen LogP contribution in [-0.2, 0) is 11.2 Å². The standard InChI is InChI=1S/C22H25N3OS/c1-17-6-4-7-18(16-17)24-12-14-25(15-13-24)22(26)11-5-10-21-23-19-8-2-3-9-20(19)27-21/h2-4,6-9,16H,5,10-15H2,1H3. The summed E-state index contributed by atoms with van der Waals surface area (Å²) in [7, 11) is 0. The third-order valence-electron chi connectivity index (χ3n) is 5.12. The van der Waals surface area contributed by atoms with Crippen LogP contribution in [0.25, 0.3) is 10.2 Å². The molecule has 1 aliphatic heterocycles. The molecule has 4 nitrogen and oxygen atoms in total. The van der Waals surface area contributed by atoms with Gasteiger partial charge in [0.15, 0.2) is 0 Å². The van der Waals surface area contributed by atoms with E-state index in [0.717, 1.165) is 49.5 Å². The van der Waals surface area contributed by atoms with Crippen molar-refractivity contribution in [2.24, 2.45) is 0 Å². The van der Waals surface area contributed by atoms with Crippen LogP contribution < -0.4 is 4.90 Å². The predicted molar refractivity (Wildman–Crippen MR) is 113 cm³/mol. The predicted octanol–water partition coefficient (Wildman–Crippen LogP) is 4.28. The molecule has 1 aromatic heterocycles. The van der Waals surface area contributed by atoms with E-state index in [-0.39, 0.29) is 5.91 Å². The molecule has 0 unspecified atom stereocenters. The average molecular weight is 380 g/mol. The summed E-state index contributed by atoms with van der Waals surface area (Å²) >= 11 is 1.74. The number of carbonyl (C=O) groups excluding carboxylic acids is 1. The molecule has 0 bridgehead atoms. The molecule has 0 aliphatic carbocycles. The summed E-state index contributed by atoms with van der Waals surface area (Å²) in [6, 6.07) is 16.8. The van der Waals surface area contributed by atoms with Crippen LogP contribution in [0.1, 0.15) is 23.4 Å². The van der Waals surface area contributed by atoms with Crippen molar-refractivity contribution in [2.75, 3.05) is 31.1 Å². The number of para-hydroxylation sites is 1. The minimum Gasteiger partial charge on any atom is -0.368 e. The van der Waals surface area contributed by atoms with Crippen LogP contribution in [0, 0.1) is 6.92 Å². The average Bonchev–Trinajstić information content (AvgIpc) is 3.11. The second-order valence-electron chi connectivity index (χ2n) is 7.14. The van der Waals surface area contributed by atoms with Gasteiger partial charge in [0.2, 0.25) is 5.91 Å². The van der Waals surface area contributed by atoms with Crippen LogP contribution >= 0.6 is 11.3 Å². The Morgan fingerprint density at radius 2 is 1.89 bits per heavy atom. The Morgan fingerprint density at radius 3 is 2.67 bits per heavy atom. The Labute approximate surface area is 164 Å². The lowest BCUT2D eigenvalue weighted by atomic mass is 10.1. The molecule has 1 amide bonds. The van der Waals surface area contributed by atoms with E-state index in [2.05, 4.69) is 47.1 Å². The van der Waals surface area contributed by atoms with Gasteiger partial charge in [0.25, 0.3) is 0 Å². The number of piperazine rings is 1. The molecule has 4 rings (SSSR count). The molecule has 5 heteroatoms. The molecule has 0 spiro atoms. The normalized spacial score (nSPS) is 14.7. The topological polar surface area (TPSA) is 36.4 Å². The summed E-state index contributed by atoms with van der Waals surface area (Å²) < 4.78 is 1.23. The van der Waals surface area contributed by atoms with Gasteiger partial charge in [-0.15, -0.1) is 11.3 Å². The number of carbonyl (C=O) groups is 1. The van der Waals surface area contributed by atoms with Gasteiger partial charge in [-0.05, 0) is 49.6 Å². The fourth-order valence-corrected chi connectivity index (χ4v) is 4.62. The highest BCUT2D eigenvalue weighted by Gasteiger charge is 2.21. The maximum absolute atomic E-state index is 12.5. The highest BCUT2D eigenvalue weighted by molar-refractivity contribution is 7.18. The molecule has 0 N–H and O–H groups in total. The van der Waals surface area contributed by atoms with Gasteiger partial charge in [0.1, 0.15) is 0 Å². The third kappa shape index (κ3) is 4.30. The summed E-state index contributed by atoms with van der Waals surface area (Å²) in [5.41, 5.74) is 3.61. The van der Waals surface area contributed by atoms with Crippen LogP contribution in [0.3, 0.4) is 0 Å². The number of amides is 1. The summed E-state index contributed by atoms with van der Waals surface area (Å²) in [4.78, 5) is 21.6. The molecule has 2 heterocycles. The van der Waals surface area contributed by atoms with E-state index in [4.69, 9.17) is 0 Å². The van der Waals surface area contributed by atoms with Crippen molar-refractivity contribution in [1.82, 2.24) is 9.88 Å². The van der Waals surface area contributed by atoms with Gasteiger partial charge in [-0.3, -0.25) is 4.79 Å². The van der Waals surface area contributed by atoms with Gasteiger partial charge < -0.3 is 9.80 Å². The molecule has 0 radical (unpaired) electrons. The Balaban J connectivity index is 1.24. The van der Waals surface area contributed by atoms with Gasteiger partial charge >= 0.3 is 0 Å². The Hall–Kier alpha value is -2.40. The maximum Gasteiger partial charge on any atom is 0.222 e. The number of hydrogen-bond donors (Lipinski definition) is 0. The highest BCUT2D eigenvalue weighted by Crippen LogP contribution is 2.23. The molecular formula is C22H25N3OS. The third-order valence-corrected chi connectivity index (χ3v) is 6.21. The summed E-state index contributed by atoms with van der Waals surface area (Å²) in [5, 5.41) is 1.13. The molecule has 1 fully saturated rings. The van der Waals surface area contributed by atoms with E-state index in [1.54, 1.807) is 11.3 Å². The van der Waals surface area contributed by atoms with Crippen molar-refractivity contribution in [2.45, 2.75) is 26.2 Å². The number of rotatable bonds is 5. The Kier molecular flexibility index (Phi) is 5.39. The zero-order chi connectivity index (χ0) is 18.6. The lowest BCUT2D eigenvalue weighted by Crippen LogP contribution is -2.48. The number of nitrogens with zero attached hydrogens (tertiary/aromatic N) is 3. The molecule has 27 heavy (non-hydrogen) atoms. The Morgan fingerprint density at radius 1 is 1.07 bits per heavy atom. The first-order chi connectivity index (χ1) is 13.2. The van der Waals surface area contributed by atoms with Crippen LogP contribution in [0.4, 0.5) is 5.69 Å². The molecule has 0 saturated carbocycles. The van der Waals surface area contributed by atoms with E-state index in [9.17, 15) is 4.79 Å². The van der Waals surface area contributed by atoms with Crippen molar-refractivity contribution in [3.63, 3.8) is 0 Å². The number of aromatic nitrogens is 1. The van der Waals surface area contributed by atoms with Crippen molar-refractivity contribution >= 4 is 33.1 Å². The van der Waals surface area contributed by atoms with Gasteiger partial charge in [-0.25, -0.2) is 4.98 Å². The number of thiazole rings is 1. The lowest BCUT2D eigenvalue weighted by molar-refractivity contribution is -0.131. The van der Waals surface area contributed by atoms with Gasteiger partial charge in [-0.1, -0.05) is 24.3 Å². The quantitative estimate of drug-likeness (QED) is 0.664. The van der Waals surface area contributed by atoms with E-state index in [0.29, 0.717) is 6.42 Å². The minimum absolute atomic E-state index is 0.278. The van der Waals surface area contributed by atoms with Crippen LogP contribution in [-0.4, -0.2) is 42.0 Å². The number of benzene rings is 2. The number of aryl methyl sites for hydroxylation is 2. The van der Waals surface area contributed by atoms with Crippen molar-refractivity contribution in [3.05, 3.63) is 59.1 Å². The lowest BCUT2D eigenvalue weighted by Gasteiger charge is -2.36. The number of anilines is 1. The van der Waals surface area contributed by atoms with Crippen molar-refractivity contribution in [3.8, 4) is 0 Å². The monoisotopic (exact) mass is 379 g/mol. The first kappa shape index (κ1) is 18.0. The molecule has 1 saturated heterocycles. The van der Waals surface area contributed by atoms with E-state index in [1.807, 2.05) is 23.1 Å². The van der Waals surface area contributed by atoms with E-state index < -0.39 is 0 Å². The molecule has 1 aliphatic rings. The zero-order valence-electron chi connectivity index (χ0n) is 15.7. The number of hydrogen-bond acceptors (Lipinski definition) is 4. The molecule has 2 aromatic carbocycles. The second-order valence-corrected chi connectivity index (χ2v) is 8.25. The summed E-state index contributed by atoms with van der Waals surface area (Å²) in [6.07, 6.45) is 2.37. The smallest absolute Gasteiger partial charge is 0.222 e. The maximum atomic E-state index is 12.5. The fraction of sp³-hybridized carbons (Fsp3) is 0.364. The molecule has 3 aromatic rings. The first-order valence-electron chi connectivity index (χ1n) is 9.63. The largest absolute Gasteiger partial charge is 0.368 e. The van der Waals surface area contributed by atoms with Crippen LogP contribution in [0.5, 0.6) is 0 Å². The van der Waals surface area contributed by atoms with Crippen LogP contribution in [0.15, 0.2) is 48.5 Å². The van der Waals surface area contributed by atoms with Gasteiger partial charge in [-0.2, -0.15) is 0 Å².